The molecule has 1 atom stereocenters. The summed E-state index contributed by atoms with van der Waals surface area (Å²) in [5, 5.41) is 14.5. The van der Waals surface area contributed by atoms with E-state index < -0.39 is 0 Å². The molecule has 1 heterocycles. The zero-order chi connectivity index (χ0) is 20.8. The molecular formula is C20H20N4O3S2. The van der Waals surface area contributed by atoms with Gasteiger partial charge in [-0.15, -0.1) is 10.2 Å². The van der Waals surface area contributed by atoms with Crippen LogP contribution in [0.25, 0.3) is 0 Å². The second-order valence-corrected chi connectivity index (χ2v) is 8.65. The predicted octanol–water partition coefficient (Wildman–Crippen LogP) is 4.61. The zero-order valence-corrected chi connectivity index (χ0v) is 17.8. The van der Waals surface area contributed by atoms with Crippen LogP contribution in [0.3, 0.4) is 0 Å². The molecule has 0 unspecified atom stereocenters. The fourth-order valence-electron chi connectivity index (χ4n) is 2.41. The lowest BCUT2D eigenvalue weighted by Gasteiger charge is -2.10. The summed E-state index contributed by atoms with van der Waals surface area (Å²) in [5.74, 6) is 0.543. The number of nitrogens with zero attached hydrogens (tertiary/aromatic N) is 2. The molecule has 0 fully saturated rings. The van der Waals surface area contributed by atoms with Crippen molar-refractivity contribution in [1.29, 1.82) is 0 Å². The van der Waals surface area contributed by atoms with Crippen molar-refractivity contribution in [2.75, 3.05) is 17.7 Å². The summed E-state index contributed by atoms with van der Waals surface area (Å²) in [4.78, 5) is 23.8. The van der Waals surface area contributed by atoms with Gasteiger partial charge in [0.2, 0.25) is 11.0 Å². The largest absolute Gasteiger partial charge is 0.495 e. The third-order valence-corrected chi connectivity index (χ3v) is 5.98. The molecule has 1 amide bonds. The lowest BCUT2D eigenvalue weighted by molar-refractivity contribution is -0.115. The third kappa shape index (κ3) is 5.55. The smallest absolute Gasteiger partial charge is 0.237 e. The van der Waals surface area contributed by atoms with E-state index in [1.807, 2.05) is 24.3 Å². The topological polar surface area (TPSA) is 93.2 Å². The first-order valence-electron chi connectivity index (χ1n) is 8.78. The summed E-state index contributed by atoms with van der Waals surface area (Å²) in [5.41, 5.74) is 2.04. The number of benzene rings is 2. The number of ketones is 1. The first-order chi connectivity index (χ1) is 14.0. The van der Waals surface area contributed by atoms with Crippen LogP contribution in [0.5, 0.6) is 5.75 Å². The molecule has 29 heavy (non-hydrogen) atoms. The van der Waals surface area contributed by atoms with Crippen LogP contribution in [-0.4, -0.2) is 34.2 Å². The Labute approximate surface area is 176 Å². The van der Waals surface area contributed by atoms with E-state index >= 15 is 0 Å². The van der Waals surface area contributed by atoms with E-state index in [9.17, 15) is 9.59 Å². The minimum atomic E-state index is -0.366. The van der Waals surface area contributed by atoms with Crippen molar-refractivity contribution in [2.45, 2.75) is 23.4 Å². The Morgan fingerprint density at radius 2 is 1.83 bits per heavy atom. The van der Waals surface area contributed by atoms with Crippen LogP contribution >= 0.6 is 23.1 Å². The molecule has 0 aliphatic heterocycles. The predicted molar refractivity (Wildman–Crippen MR) is 117 cm³/mol. The summed E-state index contributed by atoms with van der Waals surface area (Å²) in [6.07, 6.45) is 0. The van der Waals surface area contributed by atoms with E-state index in [4.69, 9.17) is 4.74 Å². The number of methoxy groups -OCH3 is 1. The Balaban J connectivity index is 1.58. The molecule has 0 spiro atoms. The Kier molecular flexibility index (Phi) is 6.84. The second kappa shape index (κ2) is 9.53. The molecule has 150 valence electrons. The Morgan fingerprint density at radius 1 is 1.10 bits per heavy atom. The zero-order valence-electron chi connectivity index (χ0n) is 16.1. The minimum Gasteiger partial charge on any atom is -0.495 e. The Bertz CT molecular complexity index is 1000. The maximum Gasteiger partial charge on any atom is 0.237 e. The maximum atomic E-state index is 12.4. The van der Waals surface area contributed by atoms with Crippen molar-refractivity contribution in [3.8, 4) is 5.75 Å². The average molecular weight is 429 g/mol. The summed E-state index contributed by atoms with van der Waals surface area (Å²) in [6.45, 7) is 3.31. The third-order valence-electron chi connectivity index (χ3n) is 3.96. The molecular weight excluding hydrogens is 408 g/mol. The molecule has 7 nitrogen and oxygen atoms in total. The Hall–Kier alpha value is -2.91. The minimum absolute atomic E-state index is 0.0133. The van der Waals surface area contributed by atoms with E-state index in [2.05, 4.69) is 20.8 Å². The fraction of sp³-hybridized carbons (Fsp3) is 0.200. The number of carbonyl (C=O) groups is 2. The van der Waals surface area contributed by atoms with Gasteiger partial charge in [-0.1, -0.05) is 35.2 Å². The molecule has 0 radical (unpaired) electrons. The van der Waals surface area contributed by atoms with Gasteiger partial charge in [-0.3, -0.25) is 9.59 Å². The summed E-state index contributed by atoms with van der Waals surface area (Å²) in [6, 6.07) is 14.3. The van der Waals surface area contributed by atoms with Crippen LogP contribution in [0.4, 0.5) is 16.5 Å². The van der Waals surface area contributed by atoms with Crippen molar-refractivity contribution in [3.05, 3.63) is 54.1 Å². The van der Waals surface area contributed by atoms with Gasteiger partial charge in [-0.25, -0.2) is 0 Å². The number of hydrogen-bond donors (Lipinski definition) is 2. The van der Waals surface area contributed by atoms with E-state index in [0.29, 0.717) is 26.5 Å². The highest BCUT2D eigenvalue weighted by atomic mass is 32.2. The fourth-order valence-corrected chi connectivity index (χ4v) is 4.32. The Morgan fingerprint density at radius 3 is 2.52 bits per heavy atom. The lowest BCUT2D eigenvalue weighted by Crippen LogP contribution is -2.22. The van der Waals surface area contributed by atoms with Crippen LogP contribution in [-0.2, 0) is 4.79 Å². The van der Waals surface area contributed by atoms with Crippen molar-refractivity contribution >= 4 is 51.3 Å². The molecule has 2 aromatic carbocycles. The van der Waals surface area contributed by atoms with Gasteiger partial charge >= 0.3 is 0 Å². The SMILES string of the molecule is COc1ccccc1Nc1nnc(S[C@H](C)C(=O)Nc2ccc(C(C)=O)cc2)s1. The van der Waals surface area contributed by atoms with E-state index in [1.165, 1.54) is 30.0 Å². The molecule has 3 rings (SSSR count). The van der Waals surface area contributed by atoms with Crippen LogP contribution in [0.2, 0.25) is 0 Å². The molecule has 1 aromatic heterocycles. The van der Waals surface area contributed by atoms with Crippen molar-refractivity contribution < 1.29 is 14.3 Å². The van der Waals surface area contributed by atoms with Crippen molar-refractivity contribution in [3.63, 3.8) is 0 Å². The molecule has 0 aliphatic rings. The number of carbonyl (C=O) groups excluding carboxylic acids is 2. The number of anilines is 3. The number of nitrogens with one attached hydrogen (secondary N) is 2. The molecule has 0 saturated carbocycles. The number of hydrogen-bond acceptors (Lipinski definition) is 8. The molecule has 2 N–H and O–H groups in total. The standard InChI is InChI=1S/C20H20N4O3S2/c1-12(25)14-8-10-15(11-9-14)21-18(26)13(2)28-20-24-23-19(29-20)22-16-6-4-5-7-17(16)27-3/h4-11,13H,1-3H3,(H,21,26)(H,22,23)/t13-/m1/s1. The summed E-state index contributed by atoms with van der Waals surface area (Å²) >= 11 is 2.69. The first kappa shape index (κ1) is 20.8. The van der Waals surface area contributed by atoms with Gasteiger partial charge in [0, 0.05) is 11.3 Å². The second-order valence-electron chi connectivity index (χ2n) is 6.08. The highest BCUT2D eigenvalue weighted by Gasteiger charge is 2.18. The molecule has 9 heteroatoms. The number of ether oxygens (including phenoxy) is 1. The van der Waals surface area contributed by atoms with Crippen LogP contribution in [0, 0.1) is 0 Å². The highest BCUT2D eigenvalue weighted by Crippen LogP contribution is 2.33. The van der Waals surface area contributed by atoms with E-state index in [1.54, 1.807) is 38.3 Å². The number of Topliss-reactive ketones (excluding diaryl/α,β-unsaturated/α-hetero) is 1. The normalized spacial score (nSPS) is 11.6. The summed E-state index contributed by atoms with van der Waals surface area (Å²) < 4.78 is 5.99. The van der Waals surface area contributed by atoms with E-state index in [-0.39, 0.29) is 16.9 Å². The number of aromatic nitrogens is 2. The number of rotatable bonds is 8. The molecule has 0 bridgehead atoms. The van der Waals surface area contributed by atoms with E-state index in [0.717, 1.165) is 5.69 Å². The summed E-state index contributed by atoms with van der Waals surface area (Å²) in [7, 11) is 1.61. The molecule has 0 saturated heterocycles. The van der Waals surface area contributed by atoms with Crippen LogP contribution in [0.15, 0.2) is 52.9 Å². The quantitative estimate of drug-likeness (QED) is 0.400. The number of para-hydroxylation sites is 2. The lowest BCUT2D eigenvalue weighted by atomic mass is 10.1. The number of thioether (sulfide) groups is 1. The van der Waals surface area contributed by atoms with Gasteiger partial charge < -0.3 is 15.4 Å². The van der Waals surface area contributed by atoms with Crippen molar-refractivity contribution in [2.24, 2.45) is 0 Å². The highest BCUT2D eigenvalue weighted by molar-refractivity contribution is 8.02. The first-order valence-corrected chi connectivity index (χ1v) is 10.5. The van der Waals surface area contributed by atoms with Gasteiger partial charge in [0.1, 0.15) is 5.75 Å². The average Bonchev–Trinajstić information content (AvgIpc) is 3.15. The number of amides is 1. The molecule has 0 aliphatic carbocycles. The van der Waals surface area contributed by atoms with Gasteiger partial charge in [0.15, 0.2) is 10.1 Å². The maximum absolute atomic E-state index is 12.4. The molecule has 3 aromatic rings. The van der Waals surface area contributed by atoms with Gasteiger partial charge in [0.25, 0.3) is 0 Å². The van der Waals surface area contributed by atoms with Gasteiger partial charge in [0.05, 0.1) is 18.0 Å². The monoisotopic (exact) mass is 428 g/mol. The van der Waals surface area contributed by atoms with Gasteiger partial charge in [-0.05, 0) is 50.2 Å². The van der Waals surface area contributed by atoms with Crippen LogP contribution in [0.1, 0.15) is 24.2 Å². The van der Waals surface area contributed by atoms with Crippen LogP contribution < -0.4 is 15.4 Å². The van der Waals surface area contributed by atoms with Gasteiger partial charge in [-0.2, -0.15) is 0 Å². The van der Waals surface area contributed by atoms with Crippen molar-refractivity contribution in [1.82, 2.24) is 10.2 Å².